The molecule has 10 nitrogen and oxygen atoms in total. The molecule has 0 spiro atoms. The third kappa shape index (κ3) is 3.23. The minimum Gasteiger partial charge on any atom is -0.506 e. The second kappa shape index (κ2) is 8.26. The molecule has 1 amide bonds. The summed E-state index contributed by atoms with van der Waals surface area (Å²) in [6.07, 6.45) is 3.34. The molecule has 4 N–H and O–H groups in total. The zero-order chi connectivity index (χ0) is 26.1. The van der Waals surface area contributed by atoms with Crippen molar-refractivity contribution >= 4 is 40.5 Å². The number of ether oxygens (including phenoxy) is 1. The molecule has 190 valence electrons. The van der Waals surface area contributed by atoms with E-state index in [-0.39, 0.29) is 30.6 Å². The van der Waals surface area contributed by atoms with Crippen LogP contribution < -0.4 is 10.6 Å². The number of nitrogens with zero attached hydrogens (tertiary/aromatic N) is 1. The SMILES string of the molecule is CN(C)c1cc(C2=CCCCO2)c(O)c2c1C[C@H]1C[C@H]3CC(=O)C(C(N)=O)C(=O)[C@@]3(O)C(=O)C1C2=O. The van der Waals surface area contributed by atoms with Crippen LogP contribution in [0.25, 0.3) is 5.76 Å². The molecule has 4 aliphatic rings. The molecular formula is C26H28N2O8. The number of benzene rings is 1. The van der Waals surface area contributed by atoms with E-state index in [0.717, 1.165) is 12.8 Å². The fourth-order valence-electron chi connectivity index (χ4n) is 6.35. The van der Waals surface area contributed by atoms with Crippen LogP contribution in [0.2, 0.25) is 0 Å². The third-order valence-corrected chi connectivity index (χ3v) is 8.06. The molecule has 3 aliphatic carbocycles. The van der Waals surface area contributed by atoms with Crippen molar-refractivity contribution in [3.63, 3.8) is 0 Å². The van der Waals surface area contributed by atoms with Gasteiger partial charge >= 0.3 is 0 Å². The number of hydrogen-bond donors (Lipinski definition) is 3. The second-order valence-electron chi connectivity index (χ2n) is 10.3. The van der Waals surface area contributed by atoms with Crippen molar-refractivity contribution in [3.8, 4) is 5.75 Å². The first-order valence-corrected chi connectivity index (χ1v) is 12.0. The van der Waals surface area contributed by atoms with E-state index in [0.29, 0.717) is 29.2 Å². The van der Waals surface area contributed by atoms with Gasteiger partial charge in [-0.3, -0.25) is 24.0 Å². The summed E-state index contributed by atoms with van der Waals surface area (Å²) < 4.78 is 5.72. The van der Waals surface area contributed by atoms with Crippen LogP contribution >= 0.6 is 0 Å². The minimum atomic E-state index is -2.66. The van der Waals surface area contributed by atoms with Crippen molar-refractivity contribution in [1.82, 2.24) is 0 Å². The fraction of sp³-hybridized carbons (Fsp3) is 0.500. The van der Waals surface area contributed by atoms with Gasteiger partial charge in [-0.05, 0) is 49.3 Å². The Morgan fingerprint density at radius 2 is 1.89 bits per heavy atom. The van der Waals surface area contributed by atoms with Crippen molar-refractivity contribution in [1.29, 1.82) is 0 Å². The Morgan fingerprint density at radius 3 is 2.50 bits per heavy atom. The number of phenols is 1. The standard InChI is InChI=1S/C26H28N2O8/c1-28(2)15-10-14(17-5-3-4-6-36-17)21(30)19-13(15)8-11-7-12-9-16(29)20(25(27)34)24(33)26(12,35)23(32)18(11)22(19)31/h5,10-12,18,20,30,35H,3-4,6-9H2,1-2H3,(H2,27,34)/t11-,12+,18?,20?,26+/m1/s1. The normalized spacial score (nSPS) is 31.6. The smallest absolute Gasteiger partial charge is 0.235 e. The molecule has 10 heteroatoms. The molecule has 2 unspecified atom stereocenters. The Labute approximate surface area is 207 Å². The van der Waals surface area contributed by atoms with Crippen molar-refractivity contribution < 1.29 is 38.9 Å². The van der Waals surface area contributed by atoms with Gasteiger partial charge in [0, 0.05) is 32.1 Å². The number of fused-ring (bicyclic) bond motifs is 3. The first-order chi connectivity index (χ1) is 17.0. The molecule has 5 atom stereocenters. The van der Waals surface area contributed by atoms with E-state index >= 15 is 0 Å². The van der Waals surface area contributed by atoms with Crippen LogP contribution in [0.15, 0.2) is 12.1 Å². The highest BCUT2D eigenvalue weighted by atomic mass is 16.5. The Morgan fingerprint density at radius 1 is 1.17 bits per heavy atom. The molecule has 1 aromatic rings. The maximum atomic E-state index is 13.9. The molecule has 0 saturated heterocycles. The Hall–Kier alpha value is -3.53. The third-order valence-electron chi connectivity index (χ3n) is 8.06. The number of aromatic hydroxyl groups is 1. The minimum absolute atomic E-state index is 0.0336. The van der Waals surface area contributed by atoms with Gasteiger partial charge in [-0.1, -0.05) is 0 Å². The molecule has 2 fully saturated rings. The molecule has 0 bridgehead atoms. The molecule has 1 aromatic carbocycles. The number of carbonyl (C=O) groups is 5. The van der Waals surface area contributed by atoms with E-state index in [1.807, 2.05) is 11.0 Å². The summed E-state index contributed by atoms with van der Waals surface area (Å²) in [5.41, 5.74) is 4.10. The Kier molecular flexibility index (Phi) is 5.55. The summed E-state index contributed by atoms with van der Waals surface area (Å²) >= 11 is 0. The monoisotopic (exact) mass is 496 g/mol. The number of ketones is 4. The van der Waals surface area contributed by atoms with Crippen molar-refractivity contribution in [3.05, 3.63) is 28.8 Å². The van der Waals surface area contributed by atoms with Gasteiger partial charge in [0.25, 0.3) is 0 Å². The highest BCUT2D eigenvalue weighted by molar-refractivity contribution is 6.31. The molecule has 1 heterocycles. The molecule has 36 heavy (non-hydrogen) atoms. The van der Waals surface area contributed by atoms with Crippen molar-refractivity contribution in [2.45, 2.75) is 37.7 Å². The van der Waals surface area contributed by atoms with Crippen LogP contribution in [-0.4, -0.2) is 65.6 Å². The number of allylic oxidation sites excluding steroid dienone is 1. The number of anilines is 1. The van der Waals surface area contributed by atoms with Gasteiger partial charge in [0.05, 0.1) is 23.7 Å². The highest BCUT2D eigenvalue weighted by Crippen LogP contribution is 2.52. The van der Waals surface area contributed by atoms with Gasteiger partial charge in [-0.2, -0.15) is 0 Å². The zero-order valence-corrected chi connectivity index (χ0v) is 20.1. The van der Waals surface area contributed by atoms with Crippen LogP contribution in [0.4, 0.5) is 5.69 Å². The first kappa shape index (κ1) is 24.2. The number of aliphatic hydroxyl groups is 1. The number of carbonyl (C=O) groups excluding carboxylic acids is 5. The summed E-state index contributed by atoms with van der Waals surface area (Å²) in [6, 6.07) is 1.75. The van der Waals surface area contributed by atoms with E-state index in [2.05, 4.69) is 0 Å². The second-order valence-corrected chi connectivity index (χ2v) is 10.3. The van der Waals surface area contributed by atoms with Crippen LogP contribution in [0.3, 0.4) is 0 Å². The first-order valence-electron chi connectivity index (χ1n) is 12.0. The van der Waals surface area contributed by atoms with Crippen molar-refractivity contribution in [2.24, 2.45) is 29.4 Å². The van der Waals surface area contributed by atoms with E-state index in [1.165, 1.54) is 0 Å². The largest absolute Gasteiger partial charge is 0.506 e. The van der Waals surface area contributed by atoms with Gasteiger partial charge in [-0.15, -0.1) is 0 Å². The fourth-order valence-corrected chi connectivity index (χ4v) is 6.35. The van der Waals surface area contributed by atoms with Crippen LogP contribution in [-0.2, 0) is 30.3 Å². The van der Waals surface area contributed by atoms with Crippen LogP contribution in [0.1, 0.15) is 47.2 Å². The summed E-state index contributed by atoms with van der Waals surface area (Å²) in [6.45, 7) is 0.465. The van der Waals surface area contributed by atoms with E-state index < -0.39 is 58.3 Å². The lowest BCUT2D eigenvalue weighted by Gasteiger charge is -2.48. The average molecular weight is 497 g/mol. The molecule has 0 radical (unpaired) electrons. The highest BCUT2D eigenvalue weighted by Gasteiger charge is 2.66. The topological polar surface area (TPSA) is 164 Å². The molecule has 5 rings (SSSR count). The molecular weight excluding hydrogens is 468 g/mol. The number of rotatable bonds is 3. The quantitative estimate of drug-likeness (QED) is 0.507. The zero-order valence-electron chi connectivity index (χ0n) is 20.1. The average Bonchev–Trinajstić information content (AvgIpc) is 2.81. The Balaban J connectivity index is 1.64. The van der Waals surface area contributed by atoms with Crippen LogP contribution in [0.5, 0.6) is 5.75 Å². The predicted molar refractivity (Wildman–Crippen MR) is 126 cm³/mol. The maximum Gasteiger partial charge on any atom is 0.235 e. The molecule has 0 aromatic heterocycles. The number of nitrogens with two attached hydrogens (primary N) is 1. The molecule has 1 aliphatic heterocycles. The van der Waals surface area contributed by atoms with Gasteiger partial charge in [0.1, 0.15) is 11.5 Å². The van der Waals surface area contributed by atoms with Crippen LogP contribution in [0, 0.1) is 23.7 Å². The number of Topliss-reactive ketones (excluding diaryl/α,β-unsaturated/α-hetero) is 4. The lowest BCUT2D eigenvalue weighted by Crippen LogP contribution is -2.68. The molecule has 2 saturated carbocycles. The number of phenolic OH excluding ortho intramolecular Hbond substituents is 1. The van der Waals surface area contributed by atoms with E-state index in [1.54, 1.807) is 20.2 Å². The summed E-state index contributed by atoms with van der Waals surface area (Å²) in [7, 11) is 3.60. The summed E-state index contributed by atoms with van der Waals surface area (Å²) in [4.78, 5) is 66.6. The maximum absolute atomic E-state index is 13.9. The van der Waals surface area contributed by atoms with E-state index in [9.17, 15) is 34.2 Å². The number of amides is 1. The van der Waals surface area contributed by atoms with Gasteiger partial charge in [0.2, 0.25) is 5.91 Å². The summed E-state index contributed by atoms with van der Waals surface area (Å²) in [5.74, 6) is -9.77. The lowest BCUT2D eigenvalue weighted by molar-refractivity contribution is -0.175. The number of hydrogen-bond acceptors (Lipinski definition) is 9. The van der Waals surface area contributed by atoms with Gasteiger partial charge < -0.3 is 25.6 Å². The summed E-state index contributed by atoms with van der Waals surface area (Å²) in [5, 5.41) is 22.6. The number of primary amides is 1. The Bertz CT molecular complexity index is 1260. The predicted octanol–water partition coefficient (Wildman–Crippen LogP) is 0.544. The van der Waals surface area contributed by atoms with Gasteiger partial charge in [-0.25, -0.2) is 0 Å². The lowest BCUT2D eigenvalue weighted by atomic mass is 9.53. The van der Waals surface area contributed by atoms with Gasteiger partial charge in [0.15, 0.2) is 34.7 Å². The van der Waals surface area contributed by atoms with E-state index in [4.69, 9.17) is 10.5 Å². The van der Waals surface area contributed by atoms with Crippen molar-refractivity contribution in [2.75, 3.05) is 25.6 Å².